The summed E-state index contributed by atoms with van der Waals surface area (Å²) in [6, 6.07) is -0.00576. The van der Waals surface area contributed by atoms with Crippen molar-refractivity contribution >= 4 is 27.2 Å². The van der Waals surface area contributed by atoms with Crippen molar-refractivity contribution < 1.29 is 8.42 Å². The lowest BCUT2D eigenvalue weighted by atomic mass is 10.2. The van der Waals surface area contributed by atoms with Gasteiger partial charge in [0.1, 0.15) is 4.90 Å². The van der Waals surface area contributed by atoms with E-state index in [2.05, 4.69) is 15.1 Å². The molecular formula is C10H17N5O2S2. The van der Waals surface area contributed by atoms with E-state index >= 15 is 0 Å². The molecule has 1 aliphatic rings. The largest absolute Gasteiger partial charge is 0.392 e. The number of sulfonamides is 1. The zero-order valence-corrected chi connectivity index (χ0v) is 12.2. The van der Waals surface area contributed by atoms with Gasteiger partial charge in [-0.15, -0.1) is 0 Å². The normalized spacial score (nSPS) is 20.3. The van der Waals surface area contributed by atoms with Crippen LogP contribution < -0.4 is 5.73 Å². The van der Waals surface area contributed by atoms with E-state index < -0.39 is 10.0 Å². The predicted octanol–water partition coefficient (Wildman–Crippen LogP) is -0.609. The summed E-state index contributed by atoms with van der Waals surface area (Å²) in [5.41, 5.74) is 5.61. The van der Waals surface area contributed by atoms with Gasteiger partial charge in [0.05, 0.1) is 17.2 Å². The third kappa shape index (κ3) is 2.94. The first-order chi connectivity index (χ1) is 8.93. The molecule has 7 nitrogen and oxygen atoms in total. The summed E-state index contributed by atoms with van der Waals surface area (Å²) in [5.74, 6) is 0. The van der Waals surface area contributed by atoms with E-state index in [0.717, 1.165) is 0 Å². The van der Waals surface area contributed by atoms with E-state index in [4.69, 9.17) is 18.0 Å². The second-order valence-electron chi connectivity index (χ2n) is 4.45. The molecule has 0 aromatic carbocycles. The van der Waals surface area contributed by atoms with Crippen molar-refractivity contribution in [3.8, 4) is 0 Å². The van der Waals surface area contributed by atoms with E-state index in [1.807, 2.05) is 6.92 Å². The molecule has 1 fully saturated rings. The highest BCUT2D eigenvalue weighted by atomic mass is 32.2. The van der Waals surface area contributed by atoms with Crippen LogP contribution in [0, 0.1) is 0 Å². The lowest BCUT2D eigenvalue weighted by Crippen LogP contribution is -2.53. The van der Waals surface area contributed by atoms with Crippen LogP contribution in [0.2, 0.25) is 0 Å². The molecule has 1 aliphatic heterocycles. The summed E-state index contributed by atoms with van der Waals surface area (Å²) in [4.78, 5) is 2.72. The van der Waals surface area contributed by atoms with Gasteiger partial charge >= 0.3 is 0 Å². The Labute approximate surface area is 117 Å². The number of nitrogens with one attached hydrogen (secondary N) is 1. The maximum Gasteiger partial charge on any atom is 0.246 e. The van der Waals surface area contributed by atoms with Crippen molar-refractivity contribution in [3.05, 3.63) is 12.4 Å². The predicted molar refractivity (Wildman–Crippen MR) is 75.2 cm³/mol. The topological polar surface area (TPSA) is 95.3 Å². The molecule has 0 bridgehead atoms. The number of rotatable bonds is 4. The summed E-state index contributed by atoms with van der Waals surface area (Å²) in [5, 5.41) is 6.19. The lowest BCUT2D eigenvalue weighted by Gasteiger charge is -2.36. The third-order valence-electron chi connectivity index (χ3n) is 3.34. The van der Waals surface area contributed by atoms with Crippen LogP contribution in [0.1, 0.15) is 6.92 Å². The minimum atomic E-state index is -3.44. The SMILES string of the molecule is CC(C(N)=S)N1CCN(S(=O)(=O)c2cn[nH]c2)CC1. The van der Waals surface area contributed by atoms with Gasteiger partial charge < -0.3 is 5.73 Å². The molecule has 1 aromatic rings. The summed E-state index contributed by atoms with van der Waals surface area (Å²) in [7, 11) is -3.44. The maximum atomic E-state index is 12.3. The molecule has 2 heterocycles. The minimum Gasteiger partial charge on any atom is -0.392 e. The van der Waals surface area contributed by atoms with Crippen LogP contribution >= 0.6 is 12.2 Å². The van der Waals surface area contributed by atoms with Gasteiger partial charge in [-0.2, -0.15) is 9.40 Å². The molecule has 1 unspecified atom stereocenters. The van der Waals surface area contributed by atoms with Crippen LogP contribution in [-0.4, -0.2) is 65.0 Å². The molecule has 0 saturated carbocycles. The quantitative estimate of drug-likeness (QED) is 0.721. The summed E-state index contributed by atoms with van der Waals surface area (Å²) in [6.07, 6.45) is 2.71. The van der Waals surface area contributed by atoms with Crippen molar-refractivity contribution in [1.29, 1.82) is 0 Å². The Morgan fingerprint density at radius 1 is 1.47 bits per heavy atom. The number of hydrogen-bond acceptors (Lipinski definition) is 5. The van der Waals surface area contributed by atoms with Crippen molar-refractivity contribution in [2.24, 2.45) is 5.73 Å². The molecule has 0 radical (unpaired) electrons. The van der Waals surface area contributed by atoms with E-state index in [9.17, 15) is 8.42 Å². The maximum absolute atomic E-state index is 12.3. The fourth-order valence-corrected chi connectivity index (χ4v) is 3.52. The van der Waals surface area contributed by atoms with Crippen LogP contribution in [0.3, 0.4) is 0 Å². The van der Waals surface area contributed by atoms with Gasteiger partial charge in [-0.1, -0.05) is 12.2 Å². The van der Waals surface area contributed by atoms with Crippen LogP contribution in [-0.2, 0) is 10.0 Å². The van der Waals surface area contributed by atoms with Gasteiger partial charge in [0.25, 0.3) is 0 Å². The summed E-state index contributed by atoms with van der Waals surface area (Å²) in [6.45, 7) is 4.04. The van der Waals surface area contributed by atoms with Crippen molar-refractivity contribution in [3.63, 3.8) is 0 Å². The Balaban J connectivity index is 2.03. The molecule has 0 aliphatic carbocycles. The fourth-order valence-electron chi connectivity index (χ4n) is 2.04. The third-order valence-corrected chi connectivity index (χ3v) is 5.55. The molecule has 2 rings (SSSR count). The van der Waals surface area contributed by atoms with E-state index in [1.54, 1.807) is 0 Å². The van der Waals surface area contributed by atoms with Crippen molar-refractivity contribution in [2.45, 2.75) is 17.9 Å². The zero-order chi connectivity index (χ0) is 14.0. The molecule has 1 aromatic heterocycles. The Morgan fingerprint density at radius 3 is 2.58 bits per heavy atom. The Kier molecular flexibility index (Phi) is 4.19. The molecule has 106 valence electrons. The lowest BCUT2D eigenvalue weighted by molar-refractivity contribution is 0.175. The van der Waals surface area contributed by atoms with Crippen LogP contribution in [0.5, 0.6) is 0 Å². The monoisotopic (exact) mass is 303 g/mol. The number of aromatic nitrogens is 2. The zero-order valence-electron chi connectivity index (χ0n) is 10.6. The number of hydrogen-bond donors (Lipinski definition) is 2. The Hall–Kier alpha value is -1.03. The Bertz CT molecular complexity index is 534. The number of thiocarbonyl (C=S) groups is 1. The molecule has 19 heavy (non-hydrogen) atoms. The molecule has 3 N–H and O–H groups in total. The Morgan fingerprint density at radius 2 is 2.11 bits per heavy atom. The average molecular weight is 303 g/mol. The number of nitrogens with zero attached hydrogens (tertiary/aromatic N) is 3. The second kappa shape index (κ2) is 5.53. The smallest absolute Gasteiger partial charge is 0.246 e. The first kappa shape index (κ1) is 14.4. The van der Waals surface area contributed by atoms with Gasteiger partial charge in [0, 0.05) is 32.4 Å². The van der Waals surface area contributed by atoms with Crippen molar-refractivity contribution in [1.82, 2.24) is 19.4 Å². The molecule has 9 heteroatoms. The number of piperazine rings is 1. The van der Waals surface area contributed by atoms with Crippen LogP contribution in [0.4, 0.5) is 0 Å². The second-order valence-corrected chi connectivity index (χ2v) is 6.86. The highest BCUT2D eigenvalue weighted by molar-refractivity contribution is 7.89. The van der Waals surface area contributed by atoms with Gasteiger partial charge in [0.15, 0.2) is 0 Å². The van der Waals surface area contributed by atoms with E-state index in [0.29, 0.717) is 31.2 Å². The first-order valence-electron chi connectivity index (χ1n) is 5.95. The van der Waals surface area contributed by atoms with Crippen LogP contribution in [0.25, 0.3) is 0 Å². The molecule has 0 spiro atoms. The van der Waals surface area contributed by atoms with E-state index in [1.165, 1.54) is 16.7 Å². The fraction of sp³-hybridized carbons (Fsp3) is 0.600. The number of nitrogens with two attached hydrogens (primary N) is 1. The van der Waals surface area contributed by atoms with E-state index in [-0.39, 0.29) is 10.9 Å². The molecule has 1 atom stereocenters. The molecule has 0 amide bonds. The van der Waals surface area contributed by atoms with Gasteiger partial charge in [-0.25, -0.2) is 8.42 Å². The van der Waals surface area contributed by atoms with Gasteiger partial charge in [-0.05, 0) is 6.92 Å². The number of aromatic amines is 1. The minimum absolute atomic E-state index is 0.00576. The summed E-state index contributed by atoms with van der Waals surface area (Å²) < 4.78 is 26.0. The van der Waals surface area contributed by atoms with Gasteiger partial charge in [-0.3, -0.25) is 10.00 Å². The standard InChI is InChI=1S/C10H17N5O2S2/c1-8(10(11)18)14-2-4-15(5-3-14)19(16,17)9-6-12-13-7-9/h6-8H,2-5H2,1H3,(H2,11,18)(H,12,13). The number of H-pyrrole nitrogens is 1. The van der Waals surface area contributed by atoms with Crippen LogP contribution in [0.15, 0.2) is 17.3 Å². The van der Waals surface area contributed by atoms with Crippen molar-refractivity contribution in [2.75, 3.05) is 26.2 Å². The highest BCUT2D eigenvalue weighted by Crippen LogP contribution is 2.17. The first-order valence-corrected chi connectivity index (χ1v) is 7.80. The van der Waals surface area contributed by atoms with Gasteiger partial charge in [0.2, 0.25) is 10.0 Å². The molecule has 1 saturated heterocycles. The molecular weight excluding hydrogens is 286 g/mol. The summed E-state index contributed by atoms with van der Waals surface area (Å²) >= 11 is 4.96. The highest BCUT2D eigenvalue weighted by Gasteiger charge is 2.30. The average Bonchev–Trinajstić information content (AvgIpc) is 2.92.